The molecule has 1 aromatic carbocycles. The molecule has 1 aromatic rings. The normalized spacial score (nSPS) is 15.7. The molecule has 118 valence electrons. The number of hydrogen-bond acceptors (Lipinski definition) is 3. The number of benzene rings is 1. The second-order valence-electron chi connectivity index (χ2n) is 5.29. The molecular formula is C16H25ClN2O2. The summed E-state index contributed by atoms with van der Waals surface area (Å²) in [7, 11) is 1.63. The highest BCUT2D eigenvalue weighted by atomic mass is 35.5. The summed E-state index contributed by atoms with van der Waals surface area (Å²) >= 11 is 0. The van der Waals surface area contributed by atoms with Gasteiger partial charge in [-0.05, 0) is 38.1 Å². The predicted molar refractivity (Wildman–Crippen MR) is 88.4 cm³/mol. The quantitative estimate of drug-likeness (QED) is 0.907. The Bertz CT molecular complexity index is 432. The van der Waals surface area contributed by atoms with Crippen LogP contribution in [0.4, 0.5) is 5.69 Å². The van der Waals surface area contributed by atoms with Gasteiger partial charge in [0.1, 0.15) is 5.75 Å². The molecule has 0 atom stereocenters. The zero-order valence-electron chi connectivity index (χ0n) is 12.6. The van der Waals surface area contributed by atoms with Crippen LogP contribution in [0.2, 0.25) is 0 Å². The van der Waals surface area contributed by atoms with Crippen molar-refractivity contribution in [2.24, 2.45) is 0 Å². The molecule has 0 saturated carbocycles. The SMILES string of the molecule is COc1cccc(NC(=O)CCN2CCCCCC2)c1.Cl. The Morgan fingerprint density at radius 3 is 2.62 bits per heavy atom. The van der Waals surface area contributed by atoms with Gasteiger partial charge in [-0.15, -0.1) is 12.4 Å². The Morgan fingerprint density at radius 1 is 1.24 bits per heavy atom. The van der Waals surface area contributed by atoms with Gasteiger partial charge in [0.2, 0.25) is 5.91 Å². The maximum absolute atomic E-state index is 12.0. The van der Waals surface area contributed by atoms with Crippen molar-refractivity contribution in [3.8, 4) is 5.75 Å². The minimum Gasteiger partial charge on any atom is -0.497 e. The van der Waals surface area contributed by atoms with Gasteiger partial charge >= 0.3 is 0 Å². The van der Waals surface area contributed by atoms with Crippen molar-refractivity contribution in [2.75, 3.05) is 32.1 Å². The summed E-state index contributed by atoms with van der Waals surface area (Å²) in [6, 6.07) is 7.46. The van der Waals surface area contributed by atoms with Crippen molar-refractivity contribution < 1.29 is 9.53 Å². The summed E-state index contributed by atoms with van der Waals surface area (Å²) in [6.45, 7) is 3.12. The van der Waals surface area contributed by atoms with E-state index in [0.29, 0.717) is 6.42 Å². The highest BCUT2D eigenvalue weighted by Gasteiger charge is 2.11. The lowest BCUT2D eigenvalue weighted by Crippen LogP contribution is -2.28. The third-order valence-electron chi connectivity index (χ3n) is 3.71. The molecule has 0 unspecified atom stereocenters. The third kappa shape index (κ3) is 6.36. The monoisotopic (exact) mass is 312 g/mol. The first-order valence-electron chi connectivity index (χ1n) is 7.44. The summed E-state index contributed by atoms with van der Waals surface area (Å²) in [6.07, 6.45) is 5.73. The zero-order valence-corrected chi connectivity index (χ0v) is 13.5. The zero-order chi connectivity index (χ0) is 14.2. The van der Waals surface area contributed by atoms with Crippen LogP contribution in [0.25, 0.3) is 0 Å². The molecule has 1 N–H and O–H groups in total. The van der Waals surface area contributed by atoms with Gasteiger partial charge in [-0.2, -0.15) is 0 Å². The largest absolute Gasteiger partial charge is 0.497 e. The molecule has 1 aliphatic heterocycles. The van der Waals surface area contributed by atoms with E-state index in [9.17, 15) is 4.79 Å². The van der Waals surface area contributed by atoms with Gasteiger partial charge in [-0.25, -0.2) is 0 Å². The lowest BCUT2D eigenvalue weighted by atomic mass is 10.2. The van der Waals surface area contributed by atoms with Crippen LogP contribution in [0.1, 0.15) is 32.1 Å². The molecule has 1 fully saturated rings. The van der Waals surface area contributed by atoms with Crippen LogP contribution in [0, 0.1) is 0 Å². The molecule has 0 spiro atoms. The summed E-state index contributed by atoms with van der Waals surface area (Å²) in [5, 5.41) is 2.93. The van der Waals surface area contributed by atoms with E-state index in [-0.39, 0.29) is 18.3 Å². The minimum absolute atomic E-state index is 0. The average Bonchev–Trinajstić information content (AvgIpc) is 2.74. The van der Waals surface area contributed by atoms with Gasteiger partial charge in [0.05, 0.1) is 7.11 Å². The second-order valence-corrected chi connectivity index (χ2v) is 5.29. The van der Waals surface area contributed by atoms with Gasteiger partial charge in [0.25, 0.3) is 0 Å². The molecule has 1 heterocycles. The van der Waals surface area contributed by atoms with Crippen LogP contribution in [-0.4, -0.2) is 37.6 Å². The molecule has 0 aliphatic carbocycles. The number of ether oxygens (including phenoxy) is 1. The number of nitrogens with zero attached hydrogens (tertiary/aromatic N) is 1. The number of amides is 1. The van der Waals surface area contributed by atoms with Crippen LogP contribution in [0.5, 0.6) is 5.75 Å². The predicted octanol–water partition coefficient (Wildman–Crippen LogP) is 3.32. The first-order valence-corrected chi connectivity index (χ1v) is 7.44. The number of carbonyl (C=O) groups is 1. The molecule has 0 radical (unpaired) electrons. The number of hydrogen-bond donors (Lipinski definition) is 1. The molecule has 4 nitrogen and oxygen atoms in total. The van der Waals surface area contributed by atoms with E-state index in [0.717, 1.165) is 31.1 Å². The lowest BCUT2D eigenvalue weighted by molar-refractivity contribution is -0.116. The number of halogens is 1. The summed E-state index contributed by atoms with van der Waals surface area (Å²) in [4.78, 5) is 14.4. The van der Waals surface area contributed by atoms with Crippen molar-refractivity contribution in [3.05, 3.63) is 24.3 Å². The van der Waals surface area contributed by atoms with E-state index in [1.807, 2.05) is 24.3 Å². The van der Waals surface area contributed by atoms with Gasteiger partial charge in [-0.1, -0.05) is 18.9 Å². The number of methoxy groups -OCH3 is 1. The minimum atomic E-state index is 0. The Labute approximate surface area is 133 Å². The summed E-state index contributed by atoms with van der Waals surface area (Å²) in [5.41, 5.74) is 0.796. The summed E-state index contributed by atoms with van der Waals surface area (Å²) in [5.74, 6) is 0.831. The van der Waals surface area contributed by atoms with Crippen LogP contribution < -0.4 is 10.1 Å². The van der Waals surface area contributed by atoms with Gasteiger partial charge < -0.3 is 15.0 Å². The van der Waals surface area contributed by atoms with E-state index in [1.165, 1.54) is 25.7 Å². The van der Waals surface area contributed by atoms with E-state index in [2.05, 4.69) is 10.2 Å². The Morgan fingerprint density at radius 2 is 1.95 bits per heavy atom. The molecule has 2 rings (SSSR count). The maximum Gasteiger partial charge on any atom is 0.225 e. The number of anilines is 1. The Kier molecular flexibility index (Phi) is 8.16. The lowest BCUT2D eigenvalue weighted by Gasteiger charge is -2.19. The molecule has 1 amide bonds. The van der Waals surface area contributed by atoms with Gasteiger partial charge in [0.15, 0.2) is 0 Å². The summed E-state index contributed by atoms with van der Waals surface area (Å²) < 4.78 is 5.15. The maximum atomic E-state index is 12.0. The van der Waals surface area contributed by atoms with Crippen LogP contribution in [-0.2, 0) is 4.79 Å². The van der Waals surface area contributed by atoms with Crippen molar-refractivity contribution in [1.82, 2.24) is 4.90 Å². The second kappa shape index (κ2) is 9.64. The smallest absolute Gasteiger partial charge is 0.225 e. The van der Waals surface area contributed by atoms with Crippen molar-refractivity contribution in [1.29, 1.82) is 0 Å². The standard InChI is InChI=1S/C16H24N2O2.ClH/c1-20-15-8-6-7-14(13-15)17-16(19)9-12-18-10-4-2-3-5-11-18;/h6-8,13H,2-5,9-12H2,1H3,(H,17,19);1H. The number of likely N-dealkylation sites (tertiary alicyclic amines) is 1. The Balaban J connectivity index is 0.00000220. The number of rotatable bonds is 5. The van der Waals surface area contributed by atoms with E-state index < -0.39 is 0 Å². The first-order chi connectivity index (χ1) is 9.78. The molecule has 5 heteroatoms. The highest BCUT2D eigenvalue weighted by molar-refractivity contribution is 5.91. The fourth-order valence-electron chi connectivity index (χ4n) is 2.54. The average molecular weight is 313 g/mol. The topological polar surface area (TPSA) is 41.6 Å². The molecule has 1 saturated heterocycles. The van der Waals surface area contributed by atoms with Gasteiger partial charge in [0, 0.05) is 24.7 Å². The highest BCUT2D eigenvalue weighted by Crippen LogP contribution is 2.17. The third-order valence-corrected chi connectivity index (χ3v) is 3.71. The van der Waals surface area contributed by atoms with Crippen LogP contribution >= 0.6 is 12.4 Å². The number of nitrogens with one attached hydrogen (secondary N) is 1. The van der Waals surface area contributed by atoms with Crippen molar-refractivity contribution in [2.45, 2.75) is 32.1 Å². The fraction of sp³-hybridized carbons (Fsp3) is 0.562. The van der Waals surface area contributed by atoms with Crippen LogP contribution in [0.3, 0.4) is 0 Å². The van der Waals surface area contributed by atoms with E-state index >= 15 is 0 Å². The van der Waals surface area contributed by atoms with Crippen LogP contribution in [0.15, 0.2) is 24.3 Å². The molecular weight excluding hydrogens is 288 g/mol. The number of carbonyl (C=O) groups excluding carboxylic acids is 1. The molecule has 1 aliphatic rings. The Hall–Kier alpha value is -1.26. The van der Waals surface area contributed by atoms with E-state index in [1.54, 1.807) is 7.11 Å². The molecule has 21 heavy (non-hydrogen) atoms. The first kappa shape index (κ1) is 17.8. The molecule has 0 bridgehead atoms. The molecule has 0 aromatic heterocycles. The van der Waals surface area contributed by atoms with Crippen molar-refractivity contribution >= 4 is 24.0 Å². The van der Waals surface area contributed by atoms with Crippen molar-refractivity contribution in [3.63, 3.8) is 0 Å². The van der Waals surface area contributed by atoms with Gasteiger partial charge in [-0.3, -0.25) is 4.79 Å². The van der Waals surface area contributed by atoms with E-state index in [4.69, 9.17) is 4.74 Å². The fourth-order valence-corrected chi connectivity index (χ4v) is 2.54.